The molecule has 1 aromatic heterocycles. The maximum Gasteiger partial charge on any atom is 0.407 e. The maximum atomic E-state index is 11.8. The van der Waals surface area contributed by atoms with Gasteiger partial charge < -0.3 is 24.8 Å². The average molecular weight is 378 g/mol. The van der Waals surface area contributed by atoms with Crippen molar-refractivity contribution < 1.29 is 19.4 Å². The lowest BCUT2D eigenvalue weighted by Gasteiger charge is -2.36. The average Bonchev–Trinajstić information content (AvgIpc) is 2.59. The van der Waals surface area contributed by atoms with E-state index in [2.05, 4.69) is 20.2 Å². The molecule has 0 unspecified atom stereocenters. The summed E-state index contributed by atoms with van der Waals surface area (Å²) in [6, 6.07) is 0. The van der Waals surface area contributed by atoms with Gasteiger partial charge in [0.05, 0.1) is 0 Å². The second kappa shape index (κ2) is 8.29. The van der Waals surface area contributed by atoms with Gasteiger partial charge >= 0.3 is 6.09 Å². The van der Waals surface area contributed by atoms with Crippen molar-refractivity contribution in [3.8, 4) is 5.88 Å². The van der Waals surface area contributed by atoms with Gasteiger partial charge in [0.15, 0.2) is 5.82 Å². The number of aliphatic hydroxyl groups excluding tert-OH is 1. The third-order valence-electron chi connectivity index (χ3n) is 4.90. The summed E-state index contributed by atoms with van der Waals surface area (Å²) in [5.74, 6) is 1.65. The van der Waals surface area contributed by atoms with E-state index in [1.165, 1.54) is 0 Å². The van der Waals surface area contributed by atoms with Crippen molar-refractivity contribution in [3.05, 3.63) is 12.4 Å². The summed E-state index contributed by atoms with van der Waals surface area (Å²) >= 11 is 0. The summed E-state index contributed by atoms with van der Waals surface area (Å²) in [5.41, 5.74) is -0.311. The Kier molecular flexibility index (Phi) is 6.04. The van der Waals surface area contributed by atoms with E-state index in [4.69, 9.17) is 9.47 Å². The number of amides is 1. The molecule has 8 nitrogen and oxygen atoms in total. The van der Waals surface area contributed by atoms with Gasteiger partial charge in [-0.15, -0.1) is 0 Å². The predicted octanol–water partition coefficient (Wildman–Crippen LogP) is 2.12. The Morgan fingerprint density at radius 2 is 1.89 bits per heavy atom. The molecule has 3 rings (SSSR count). The Bertz CT molecular complexity index is 635. The summed E-state index contributed by atoms with van der Waals surface area (Å²) in [4.78, 5) is 22.8. The summed E-state index contributed by atoms with van der Waals surface area (Å²) in [6.45, 7) is 7.66. The highest BCUT2D eigenvalue weighted by Crippen LogP contribution is 2.33. The third kappa shape index (κ3) is 5.45. The number of piperidine rings is 1. The van der Waals surface area contributed by atoms with Crippen molar-refractivity contribution in [2.75, 3.05) is 24.6 Å². The zero-order valence-electron chi connectivity index (χ0n) is 16.4. The van der Waals surface area contributed by atoms with Crippen LogP contribution in [-0.4, -0.2) is 58.6 Å². The molecule has 0 bridgehead atoms. The lowest BCUT2D eigenvalue weighted by atomic mass is 9.92. The summed E-state index contributed by atoms with van der Waals surface area (Å²) < 4.78 is 11.4. The monoisotopic (exact) mass is 378 g/mol. The SMILES string of the molecule is CC(C)(C)NC(=O)OC1CC(Oc2nccnc2N2CCC(CO)CC2)C1. The minimum atomic E-state index is -0.391. The number of hydrogen-bond acceptors (Lipinski definition) is 7. The molecule has 1 aliphatic heterocycles. The van der Waals surface area contributed by atoms with Gasteiger partial charge in [0.1, 0.15) is 12.2 Å². The molecule has 0 atom stereocenters. The molecule has 2 N–H and O–H groups in total. The second-order valence-corrected chi connectivity index (χ2v) is 8.41. The molecular weight excluding hydrogens is 348 g/mol. The molecule has 1 saturated heterocycles. The number of anilines is 1. The van der Waals surface area contributed by atoms with Gasteiger partial charge in [-0.2, -0.15) is 0 Å². The van der Waals surface area contributed by atoms with E-state index in [-0.39, 0.29) is 24.4 Å². The van der Waals surface area contributed by atoms with Crippen LogP contribution in [0.1, 0.15) is 46.5 Å². The van der Waals surface area contributed by atoms with Gasteiger partial charge in [-0.05, 0) is 39.5 Å². The first-order valence-corrected chi connectivity index (χ1v) is 9.66. The third-order valence-corrected chi connectivity index (χ3v) is 4.90. The minimum Gasteiger partial charge on any atom is -0.471 e. The number of rotatable bonds is 5. The summed E-state index contributed by atoms with van der Waals surface area (Å²) in [7, 11) is 0. The highest BCUT2D eigenvalue weighted by atomic mass is 16.6. The molecule has 8 heteroatoms. The van der Waals surface area contributed by atoms with Gasteiger partial charge in [-0.25, -0.2) is 14.8 Å². The number of alkyl carbamates (subject to hydrolysis) is 1. The molecular formula is C19H30N4O4. The van der Waals surface area contributed by atoms with Crippen molar-refractivity contribution in [1.29, 1.82) is 0 Å². The molecule has 2 aliphatic rings. The van der Waals surface area contributed by atoms with Crippen LogP contribution in [0.5, 0.6) is 5.88 Å². The van der Waals surface area contributed by atoms with E-state index in [0.717, 1.165) is 31.7 Å². The molecule has 1 aliphatic carbocycles. The van der Waals surface area contributed by atoms with Gasteiger partial charge in [0.25, 0.3) is 5.88 Å². The van der Waals surface area contributed by atoms with Gasteiger partial charge in [-0.3, -0.25) is 0 Å². The number of carbonyl (C=O) groups is 1. The van der Waals surface area contributed by atoms with Gasteiger partial charge in [0.2, 0.25) is 0 Å². The Balaban J connectivity index is 1.49. The van der Waals surface area contributed by atoms with Crippen LogP contribution >= 0.6 is 0 Å². The van der Waals surface area contributed by atoms with Crippen LogP contribution in [0.2, 0.25) is 0 Å². The van der Waals surface area contributed by atoms with Gasteiger partial charge in [0, 0.05) is 50.5 Å². The van der Waals surface area contributed by atoms with E-state index in [0.29, 0.717) is 24.6 Å². The molecule has 2 fully saturated rings. The van der Waals surface area contributed by atoms with Crippen LogP contribution in [0.15, 0.2) is 12.4 Å². The first kappa shape index (κ1) is 19.7. The molecule has 0 spiro atoms. The van der Waals surface area contributed by atoms with Crippen LogP contribution < -0.4 is 15.0 Å². The van der Waals surface area contributed by atoms with Gasteiger partial charge in [-0.1, -0.05) is 0 Å². The Hall–Kier alpha value is -2.09. The number of nitrogens with zero attached hydrogens (tertiary/aromatic N) is 3. The van der Waals surface area contributed by atoms with Crippen molar-refractivity contribution in [2.45, 2.75) is 64.2 Å². The topological polar surface area (TPSA) is 96.8 Å². The fourth-order valence-corrected chi connectivity index (χ4v) is 3.30. The summed E-state index contributed by atoms with van der Waals surface area (Å²) in [6.07, 6.45) is 5.94. The van der Waals surface area contributed by atoms with Crippen LogP contribution in [0.25, 0.3) is 0 Å². The minimum absolute atomic E-state index is 0.0251. The van der Waals surface area contributed by atoms with E-state index >= 15 is 0 Å². The Morgan fingerprint density at radius 3 is 2.52 bits per heavy atom. The van der Waals surface area contributed by atoms with Crippen molar-refractivity contribution in [3.63, 3.8) is 0 Å². The number of aliphatic hydroxyl groups is 1. The van der Waals surface area contributed by atoms with E-state index in [1.807, 2.05) is 20.8 Å². The molecule has 0 aromatic carbocycles. The quantitative estimate of drug-likeness (QED) is 0.810. The van der Waals surface area contributed by atoms with E-state index in [1.54, 1.807) is 12.4 Å². The maximum absolute atomic E-state index is 11.8. The van der Waals surface area contributed by atoms with Crippen LogP contribution in [0, 0.1) is 5.92 Å². The predicted molar refractivity (Wildman–Crippen MR) is 101 cm³/mol. The fraction of sp³-hybridized carbons (Fsp3) is 0.737. The number of hydrogen-bond donors (Lipinski definition) is 2. The van der Waals surface area contributed by atoms with Crippen LogP contribution in [-0.2, 0) is 4.74 Å². The standard InChI is InChI=1S/C19H30N4O4/c1-19(2,3)22-18(25)27-15-10-14(11-15)26-17-16(20-6-7-21-17)23-8-4-13(12-24)5-9-23/h6-7,13-15,24H,4-5,8-12H2,1-3H3,(H,22,25). The molecule has 27 heavy (non-hydrogen) atoms. The van der Waals surface area contributed by atoms with Crippen molar-refractivity contribution in [1.82, 2.24) is 15.3 Å². The zero-order valence-corrected chi connectivity index (χ0v) is 16.4. The highest BCUT2D eigenvalue weighted by Gasteiger charge is 2.36. The number of ether oxygens (including phenoxy) is 2. The second-order valence-electron chi connectivity index (χ2n) is 8.41. The van der Waals surface area contributed by atoms with E-state index < -0.39 is 6.09 Å². The fourth-order valence-electron chi connectivity index (χ4n) is 3.30. The van der Waals surface area contributed by atoms with Crippen LogP contribution in [0.4, 0.5) is 10.6 Å². The first-order chi connectivity index (χ1) is 12.8. The molecule has 1 aromatic rings. The number of nitrogens with one attached hydrogen (secondary N) is 1. The lowest BCUT2D eigenvalue weighted by Crippen LogP contribution is -2.47. The highest BCUT2D eigenvalue weighted by molar-refractivity contribution is 5.68. The number of carbonyl (C=O) groups excluding carboxylic acids is 1. The molecule has 1 amide bonds. The molecule has 150 valence electrons. The summed E-state index contributed by atoms with van der Waals surface area (Å²) in [5, 5.41) is 12.1. The molecule has 0 radical (unpaired) electrons. The molecule has 1 saturated carbocycles. The normalized spacial score (nSPS) is 23.5. The first-order valence-electron chi connectivity index (χ1n) is 9.66. The van der Waals surface area contributed by atoms with Crippen molar-refractivity contribution >= 4 is 11.9 Å². The zero-order chi connectivity index (χ0) is 19.4. The number of aromatic nitrogens is 2. The Morgan fingerprint density at radius 1 is 1.22 bits per heavy atom. The largest absolute Gasteiger partial charge is 0.471 e. The smallest absolute Gasteiger partial charge is 0.407 e. The Labute approximate surface area is 160 Å². The van der Waals surface area contributed by atoms with E-state index in [9.17, 15) is 9.90 Å². The molecule has 2 heterocycles. The van der Waals surface area contributed by atoms with Crippen LogP contribution in [0.3, 0.4) is 0 Å². The lowest BCUT2D eigenvalue weighted by molar-refractivity contribution is -0.0259. The van der Waals surface area contributed by atoms with Crippen molar-refractivity contribution in [2.24, 2.45) is 5.92 Å².